The molecular weight excluding hydrogens is 330 g/mol. The molecule has 3 aromatic rings. The molecule has 0 radical (unpaired) electrons. The van der Waals surface area contributed by atoms with Crippen molar-refractivity contribution in [2.24, 2.45) is 0 Å². The molecule has 1 heterocycles. The minimum absolute atomic E-state index is 0.290. The molecule has 0 amide bonds. The van der Waals surface area contributed by atoms with Gasteiger partial charge in [-0.15, -0.1) is 5.10 Å². The van der Waals surface area contributed by atoms with Crippen LogP contribution in [0.1, 0.15) is 40.4 Å². The first-order valence-electron chi connectivity index (χ1n) is 8.57. The number of carboxylic acids is 1. The van der Waals surface area contributed by atoms with Gasteiger partial charge in [0.05, 0.1) is 11.6 Å². The fourth-order valence-electron chi connectivity index (χ4n) is 2.88. The van der Waals surface area contributed by atoms with Gasteiger partial charge in [-0.2, -0.15) is 0 Å². The molecule has 132 valence electrons. The number of rotatable bonds is 6. The number of hydrogen-bond acceptors (Lipinski definition) is 5. The highest BCUT2D eigenvalue weighted by Crippen LogP contribution is 2.37. The third-order valence-electron chi connectivity index (χ3n) is 4.56. The molecule has 1 saturated carbocycles. The van der Waals surface area contributed by atoms with Gasteiger partial charge in [-0.25, -0.2) is 9.48 Å². The Morgan fingerprint density at radius 1 is 1.23 bits per heavy atom. The highest BCUT2D eigenvalue weighted by atomic mass is 16.4. The van der Waals surface area contributed by atoms with Crippen LogP contribution in [0.25, 0.3) is 11.4 Å². The normalized spacial score (nSPS) is 13.6. The summed E-state index contributed by atoms with van der Waals surface area (Å²) in [7, 11) is 0. The molecule has 1 aliphatic rings. The van der Waals surface area contributed by atoms with Gasteiger partial charge in [0.25, 0.3) is 0 Å². The molecule has 7 heteroatoms. The second-order valence-corrected chi connectivity index (χ2v) is 6.56. The zero-order chi connectivity index (χ0) is 18.1. The first kappa shape index (κ1) is 16.3. The second-order valence-electron chi connectivity index (χ2n) is 6.56. The van der Waals surface area contributed by atoms with Gasteiger partial charge in [-0.05, 0) is 65.6 Å². The van der Waals surface area contributed by atoms with Gasteiger partial charge in [-0.1, -0.05) is 18.2 Å². The molecule has 1 aliphatic carbocycles. The van der Waals surface area contributed by atoms with Crippen LogP contribution in [0.3, 0.4) is 0 Å². The number of carboxylic acid groups (broad SMARTS) is 1. The van der Waals surface area contributed by atoms with Crippen molar-refractivity contribution < 1.29 is 9.90 Å². The maximum Gasteiger partial charge on any atom is 0.335 e. The van der Waals surface area contributed by atoms with Crippen LogP contribution >= 0.6 is 0 Å². The van der Waals surface area contributed by atoms with Crippen LogP contribution < -0.4 is 5.32 Å². The number of tetrazole rings is 1. The monoisotopic (exact) mass is 349 g/mol. The van der Waals surface area contributed by atoms with Gasteiger partial charge in [-0.3, -0.25) is 0 Å². The second kappa shape index (κ2) is 6.59. The van der Waals surface area contributed by atoms with E-state index in [0.29, 0.717) is 18.2 Å². The van der Waals surface area contributed by atoms with Crippen LogP contribution in [-0.2, 0) is 6.54 Å². The van der Waals surface area contributed by atoms with E-state index in [1.165, 1.54) is 0 Å². The standard InChI is InChI=1S/C19H19N5O2/c1-12-2-7-15(20-11-13-3-5-14(6-4-13)19(25)26)10-17(12)18-21-22-23-24(18)16-8-9-16/h2-7,10,16,20H,8-9,11H2,1H3,(H,25,26). The van der Waals surface area contributed by atoms with E-state index in [-0.39, 0.29) is 0 Å². The summed E-state index contributed by atoms with van der Waals surface area (Å²) in [5.41, 5.74) is 4.42. The highest BCUT2D eigenvalue weighted by molar-refractivity contribution is 5.87. The molecule has 2 N–H and O–H groups in total. The van der Waals surface area contributed by atoms with E-state index < -0.39 is 5.97 Å². The third kappa shape index (κ3) is 3.28. The number of aromatic nitrogens is 4. The summed E-state index contributed by atoms with van der Waals surface area (Å²) in [5, 5.41) is 24.5. The molecule has 0 atom stereocenters. The summed E-state index contributed by atoms with van der Waals surface area (Å²) in [6, 6.07) is 13.4. The van der Waals surface area contributed by atoms with Crippen molar-refractivity contribution in [3.8, 4) is 11.4 Å². The molecule has 0 saturated heterocycles. The lowest BCUT2D eigenvalue weighted by Crippen LogP contribution is -2.03. The highest BCUT2D eigenvalue weighted by Gasteiger charge is 2.28. The van der Waals surface area contributed by atoms with Gasteiger partial charge in [0.2, 0.25) is 0 Å². The fourth-order valence-corrected chi connectivity index (χ4v) is 2.88. The SMILES string of the molecule is Cc1ccc(NCc2ccc(C(=O)O)cc2)cc1-c1nnnn1C1CC1. The molecule has 26 heavy (non-hydrogen) atoms. The van der Waals surface area contributed by atoms with Gasteiger partial charge >= 0.3 is 5.97 Å². The number of nitrogens with one attached hydrogen (secondary N) is 1. The van der Waals surface area contributed by atoms with Crippen molar-refractivity contribution >= 4 is 11.7 Å². The molecule has 7 nitrogen and oxygen atoms in total. The van der Waals surface area contributed by atoms with Crippen molar-refractivity contribution in [3.05, 3.63) is 59.2 Å². The summed E-state index contributed by atoms with van der Waals surface area (Å²) in [6.45, 7) is 2.66. The molecular formula is C19H19N5O2. The predicted octanol–water partition coefficient (Wildman–Crippen LogP) is 3.29. The number of aromatic carboxylic acids is 1. The van der Waals surface area contributed by atoms with Crippen molar-refractivity contribution in [2.45, 2.75) is 32.4 Å². The molecule has 0 unspecified atom stereocenters. The van der Waals surface area contributed by atoms with Crippen LogP contribution in [0, 0.1) is 6.92 Å². The summed E-state index contributed by atoms with van der Waals surface area (Å²) >= 11 is 0. The van der Waals surface area contributed by atoms with Crippen LogP contribution in [0.5, 0.6) is 0 Å². The Kier molecular flexibility index (Phi) is 4.12. The van der Waals surface area contributed by atoms with E-state index in [2.05, 4.69) is 39.9 Å². The minimum Gasteiger partial charge on any atom is -0.478 e. The van der Waals surface area contributed by atoms with Crippen LogP contribution in [0.15, 0.2) is 42.5 Å². The Hall–Kier alpha value is -3.22. The van der Waals surface area contributed by atoms with Crippen molar-refractivity contribution in [3.63, 3.8) is 0 Å². The summed E-state index contributed by atoms with van der Waals surface area (Å²) in [4.78, 5) is 10.9. The van der Waals surface area contributed by atoms with E-state index in [0.717, 1.165) is 41.0 Å². The summed E-state index contributed by atoms with van der Waals surface area (Å²) in [6.07, 6.45) is 2.25. The molecule has 0 aliphatic heterocycles. The molecule has 0 bridgehead atoms. The van der Waals surface area contributed by atoms with E-state index in [1.807, 2.05) is 22.9 Å². The lowest BCUT2D eigenvalue weighted by atomic mass is 10.1. The lowest BCUT2D eigenvalue weighted by Gasteiger charge is -2.11. The molecule has 2 aromatic carbocycles. The Labute approximate surface area is 150 Å². The quantitative estimate of drug-likeness (QED) is 0.709. The molecule has 1 fully saturated rings. The molecule has 0 spiro atoms. The summed E-state index contributed by atoms with van der Waals surface area (Å²) in [5.74, 6) is -0.111. The van der Waals surface area contributed by atoms with Crippen molar-refractivity contribution in [1.29, 1.82) is 0 Å². The van der Waals surface area contributed by atoms with Gasteiger partial charge in [0.1, 0.15) is 0 Å². The Morgan fingerprint density at radius 2 is 2.00 bits per heavy atom. The molecule has 4 rings (SSSR count). The van der Waals surface area contributed by atoms with Crippen LogP contribution in [0.4, 0.5) is 5.69 Å². The molecule has 1 aromatic heterocycles. The van der Waals surface area contributed by atoms with E-state index in [9.17, 15) is 4.79 Å². The maximum atomic E-state index is 10.9. The van der Waals surface area contributed by atoms with E-state index in [1.54, 1.807) is 12.1 Å². The van der Waals surface area contributed by atoms with Crippen LogP contribution in [-0.4, -0.2) is 31.3 Å². The number of aryl methyl sites for hydroxylation is 1. The fraction of sp³-hybridized carbons (Fsp3) is 0.263. The van der Waals surface area contributed by atoms with Crippen molar-refractivity contribution in [1.82, 2.24) is 20.2 Å². The number of nitrogens with zero attached hydrogens (tertiary/aromatic N) is 4. The Balaban J connectivity index is 1.52. The average molecular weight is 349 g/mol. The minimum atomic E-state index is -0.916. The lowest BCUT2D eigenvalue weighted by molar-refractivity contribution is 0.0697. The van der Waals surface area contributed by atoms with Crippen molar-refractivity contribution in [2.75, 3.05) is 5.32 Å². The Bertz CT molecular complexity index is 945. The van der Waals surface area contributed by atoms with Gasteiger partial charge in [0, 0.05) is 17.8 Å². The average Bonchev–Trinajstić information content (AvgIpc) is 3.38. The first-order valence-corrected chi connectivity index (χ1v) is 8.57. The largest absolute Gasteiger partial charge is 0.478 e. The zero-order valence-electron chi connectivity index (χ0n) is 14.4. The number of benzene rings is 2. The topological polar surface area (TPSA) is 92.9 Å². The number of hydrogen-bond donors (Lipinski definition) is 2. The predicted molar refractivity (Wildman–Crippen MR) is 97.0 cm³/mol. The smallest absolute Gasteiger partial charge is 0.335 e. The van der Waals surface area contributed by atoms with Crippen LogP contribution in [0.2, 0.25) is 0 Å². The van der Waals surface area contributed by atoms with Gasteiger partial charge in [0.15, 0.2) is 5.82 Å². The summed E-state index contributed by atoms with van der Waals surface area (Å²) < 4.78 is 1.91. The zero-order valence-corrected chi connectivity index (χ0v) is 14.4. The number of carbonyl (C=O) groups is 1. The Morgan fingerprint density at radius 3 is 2.69 bits per heavy atom. The van der Waals surface area contributed by atoms with E-state index in [4.69, 9.17) is 5.11 Å². The van der Waals surface area contributed by atoms with E-state index >= 15 is 0 Å². The van der Waals surface area contributed by atoms with Gasteiger partial charge < -0.3 is 10.4 Å². The number of anilines is 1. The third-order valence-corrected chi connectivity index (χ3v) is 4.56. The maximum absolute atomic E-state index is 10.9. The first-order chi connectivity index (χ1) is 12.6.